The molecule has 0 aliphatic carbocycles. The van der Waals surface area contributed by atoms with Crippen molar-refractivity contribution in [3.05, 3.63) is 65.7 Å². The van der Waals surface area contributed by atoms with E-state index in [9.17, 15) is 13.6 Å². The van der Waals surface area contributed by atoms with Crippen molar-refractivity contribution in [2.24, 2.45) is 0 Å². The Labute approximate surface area is 145 Å². The predicted molar refractivity (Wildman–Crippen MR) is 90.2 cm³/mol. The van der Waals surface area contributed by atoms with Crippen LogP contribution in [-0.4, -0.2) is 25.0 Å². The van der Waals surface area contributed by atoms with Gasteiger partial charge in [0.2, 0.25) is 6.10 Å². The molecule has 4 nitrogen and oxygen atoms in total. The Morgan fingerprint density at radius 1 is 1.20 bits per heavy atom. The first kappa shape index (κ1) is 17.4. The van der Waals surface area contributed by atoms with Crippen LogP contribution in [0.1, 0.15) is 24.5 Å². The lowest BCUT2D eigenvalue weighted by molar-refractivity contribution is -0.128. The molecular weight excluding hydrogens is 326 g/mol. The molecule has 25 heavy (non-hydrogen) atoms. The number of hydrogen-bond donors (Lipinski definition) is 2. The summed E-state index contributed by atoms with van der Waals surface area (Å²) in [5.41, 5.74) is 0.643. The van der Waals surface area contributed by atoms with Gasteiger partial charge in [-0.25, -0.2) is 8.78 Å². The first-order valence-electron chi connectivity index (χ1n) is 8.31. The number of halogens is 2. The van der Waals surface area contributed by atoms with Crippen LogP contribution in [0.5, 0.6) is 5.75 Å². The van der Waals surface area contributed by atoms with Gasteiger partial charge in [-0.1, -0.05) is 30.3 Å². The number of carbonyl (C=O) groups is 1. The summed E-state index contributed by atoms with van der Waals surface area (Å²) in [7, 11) is 0. The number of hydrogen-bond acceptors (Lipinski definition) is 3. The fraction of sp³-hybridized carbons (Fsp3) is 0.316. The van der Waals surface area contributed by atoms with Crippen LogP contribution in [0.25, 0.3) is 0 Å². The fourth-order valence-electron chi connectivity index (χ4n) is 2.83. The standard InChI is InChI=1S/C19H20F2N2O2/c20-16-9-8-15(11-17(16)21)25-18(13-5-2-1-3-6-13)19(24)23-12-14-7-4-10-22-14/h1-3,5-6,8-9,11,14,18,22H,4,7,10,12H2,(H,23,24). The number of amides is 1. The van der Waals surface area contributed by atoms with E-state index in [4.69, 9.17) is 4.74 Å². The van der Waals surface area contributed by atoms with Gasteiger partial charge < -0.3 is 15.4 Å². The molecule has 0 spiro atoms. The van der Waals surface area contributed by atoms with E-state index in [1.54, 1.807) is 24.3 Å². The minimum atomic E-state index is -1.01. The Morgan fingerprint density at radius 3 is 2.68 bits per heavy atom. The second kappa shape index (κ2) is 8.07. The molecule has 0 radical (unpaired) electrons. The fourth-order valence-corrected chi connectivity index (χ4v) is 2.83. The van der Waals surface area contributed by atoms with Gasteiger partial charge in [0.15, 0.2) is 11.6 Å². The molecule has 1 amide bonds. The van der Waals surface area contributed by atoms with E-state index in [0.717, 1.165) is 31.5 Å². The molecule has 1 heterocycles. The van der Waals surface area contributed by atoms with Crippen molar-refractivity contribution < 1.29 is 18.3 Å². The molecule has 2 unspecified atom stereocenters. The Morgan fingerprint density at radius 2 is 2.00 bits per heavy atom. The molecular formula is C19H20F2N2O2. The zero-order valence-electron chi connectivity index (χ0n) is 13.7. The lowest BCUT2D eigenvalue weighted by Crippen LogP contribution is -2.40. The maximum Gasteiger partial charge on any atom is 0.265 e. The first-order chi connectivity index (χ1) is 12.1. The Kier molecular flexibility index (Phi) is 5.60. The zero-order chi connectivity index (χ0) is 17.6. The maximum absolute atomic E-state index is 13.4. The van der Waals surface area contributed by atoms with Gasteiger partial charge in [-0.15, -0.1) is 0 Å². The third-order valence-electron chi connectivity index (χ3n) is 4.17. The van der Waals surface area contributed by atoms with E-state index in [1.807, 2.05) is 6.07 Å². The van der Waals surface area contributed by atoms with Gasteiger partial charge >= 0.3 is 0 Å². The summed E-state index contributed by atoms with van der Waals surface area (Å²) < 4.78 is 32.2. The quantitative estimate of drug-likeness (QED) is 0.846. The molecule has 1 aliphatic rings. The monoisotopic (exact) mass is 346 g/mol. The number of nitrogens with one attached hydrogen (secondary N) is 2. The highest BCUT2D eigenvalue weighted by molar-refractivity contribution is 5.82. The molecule has 2 N–H and O–H groups in total. The van der Waals surface area contributed by atoms with Gasteiger partial charge in [-0.05, 0) is 31.5 Å². The summed E-state index contributed by atoms with van der Waals surface area (Å²) in [4.78, 5) is 12.6. The molecule has 2 aromatic carbocycles. The SMILES string of the molecule is O=C(NCC1CCCN1)C(Oc1ccc(F)c(F)c1)c1ccccc1. The van der Waals surface area contributed by atoms with Gasteiger partial charge in [0.1, 0.15) is 5.75 Å². The van der Waals surface area contributed by atoms with Crippen LogP contribution in [-0.2, 0) is 4.79 Å². The van der Waals surface area contributed by atoms with E-state index in [-0.39, 0.29) is 17.7 Å². The number of carbonyl (C=O) groups excluding carboxylic acids is 1. The van der Waals surface area contributed by atoms with Crippen LogP contribution in [0, 0.1) is 11.6 Å². The van der Waals surface area contributed by atoms with Gasteiger partial charge in [-0.3, -0.25) is 4.79 Å². The molecule has 0 saturated carbocycles. The van der Waals surface area contributed by atoms with E-state index in [2.05, 4.69) is 10.6 Å². The normalized spacial score (nSPS) is 17.9. The summed E-state index contributed by atoms with van der Waals surface area (Å²) in [5, 5.41) is 6.18. The van der Waals surface area contributed by atoms with Crippen LogP contribution in [0.15, 0.2) is 48.5 Å². The molecule has 132 valence electrons. The average Bonchev–Trinajstić information content (AvgIpc) is 3.15. The summed E-state index contributed by atoms with van der Waals surface area (Å²) in [6, 6.07) is 12.4. The number of benzene rings is 2. The topological polar surface area (TPSA) is 50.4 Å². The van der Waals surface area contributed by atoms with Crippen molar-refractivity contribution in [3.8, 4) is 5.75 Å². The van der Waals surface area contributed by atoms with Crippen LogP contribution >= 0.6 is 0 Å². The Hall–Kier alpha value is -2.47. The predicted octanol–water partition coefficient (Wildman–Crippen LogP) is 2.95. The Balaban J connectivity index is 1.74. The van der Waals surface area contributed by atoms with Crippen molar-refractivity contribution in [1.29, 1.82) is 0 Å². The number of ether oxygens (including phenoxy) is 1. The summed E-state index contributed by atoms with van der Waals surface area (Å²) in [5.74, 6) is -2.19. The summed E-state index contributed by atoms with van der Waals surface area (Å²) in [6.45, 7) is 1.46. The van der Waals surface area contributed by atoms with Crippen LogP contribution in [0.2, 0.25) is 0 Å². The molecule has 1 aliphatic heterocycles. The van der Waals surface area contributed by atoms with Crippen molar-refractivity contribution in [3.63, 3.8) is 0 Å². The van der Waals surface area contributed by atoms with E-state index in [1.165, 1.54) is 6.07 Å². The molecule has 1 saturated heterocycles. The minimum Gasteiger partial charge on any atom is -0.476 e. The second-order valence-corrected chi connectivity index (χ2v) is 6.02. The molecule has 2 atom stereocenters. The van der Waals surface area contributed by atoms with Crippen molar-refractivity contribution >= 4 is 5.91 Å². The highest BCUT2D eigenvalue weighted by Crippen LogP contribution is 2.24. The highest BCUT2D eigenvalue weighted by atomic mass is 19.2. The molecule has 0 aromatic heterocycles. The van der Waals surface area contributed by atoms with Crippen LogP contribution in [0.3, 0.4) is 0 Å². The van der Waals surface area contributed by atoms with E-state index >= 15 is 0 Å². The maximum atomic E-state index is 13.4. The van der Waals surface area contributed by atoms with E-state index in [0.29, 0.717) is 12.1 Å². The Bertz CT molecular complexity index is 719. The third kappa shape index (κ3) is 4.54. The highest BCUT2D eigenvalue weighted by Gasteiger charge is 2.24. The van der Waals surface area contributed by atoms with Crippen molar-refractivity contribution in [2.75, 3.05) is 13.1 Å². The van der Waals surface area contributed by atoms with Crippen LogP contribution < -0.4 is 15.4 Å². The molecule has 0 bridgehead atoms. The molecule has 1 fully saturated rings. The van der Waals surface area contributed by atoms with Crippen molar-refractivity contribution in [2.45, 2.75) is 25.0 Å². The summed E-state index contributed by atoms with van der Waals surface area (Å²) >= 11 is 0. The first-order valence-corrected chi connectivity index (χ1v) is 8.31. The van der Waals surface area contributed by atoms with E-state index < -0.39 is 17.7 Å². The molecule has 2 aromatic rings. The van der Waals surface area contributed by atoms with Gasteiger partial charge in [0, 0.05) is 24.2 Å². The molecule has 6 heteroatoms. The average molecular weight is 346 g/mol. The largest absolute Gasteiger partial charge is 0.476 e. The lowest BCUT2D eigenvalue weighted by Gasteiger charge is -2.20. The van der Waals surface area contributed by atoms with Crippen LogP contribution in [0.4, 0.5) is 8.78 Å². The smallest absolute Gasteiger partial charge is 0.265 e. The van der Waals surface area contributed by atoms with Gasteiger partial charge in [-0.2, -0.15) is 0 Å². The number of rotatable bonds is 6. The minimum absolute atomic E-state index is 0.0990. The van der Waals surface area contributed by atoms with Crippen molar-refractivity contribution in [1.82, 2.24) is 10.6 Å². The van der Waals surface area contributed by atoms with Gasteiger partial charge in [0.25, 0.3) is 5.91 Å². The zero-order valence-corrected chi connectivity index (χ0v) is 13.7. The third-order valence-corrected chi connectivity index (χ3v) is 4.17. The second-order valence-electron chi connectivity index (χ2n) is 6.02. The summed E-state index contributed by atoms with van der Waals surface area (Å²) in [6.07, 6.45) is 1.17. The lowest BCUT2D eigenvalue weighted by atomic mass is 10.1. The van der Waals surface area contributed by atoms with Gasteiger partial charge in [0.05, 0.1) is 0 Å². The molecule has 3 rings (SSSR count).